The normalized spacial score (nSPS) is 11.3. The van der Waals surface area contributed by atoms with E-state index in [0.29, 0.717) is 5.13 Å². The summed E-state index contributed by atoms with van der Waals surface area (Å²) in [6, 6.07) is 0. The number of imidazole rings is 1. The molecule has 0 aliphatic heterocycles. The van der Waals surface area contributed by atoms with Gasteiger partial charge < -0.3 is 5.32 Å². The van der Waals surface area contributed by atoms with Crippen molar-refractivity contribution in [2.24, 2.45) is 0 Å². The van der Waals surface area contributed by atoms with Crippen molar-refractivity contribution in [3.8, 4) is 0 Å². The topological polar surface area (TPSA) is 63.1 Å². The minimum absolute atomic E-state index is 0.0642. The highest BCUT2D eigenvalue weighted by atomic mass is 32.1. The summed E-state index contributed by atoms with van der Waals surface area (Å²) in [5.41, 5.74) is 0.836. The zero-order valence-corrected chi connectivity index (χ0v) is 12.4. The number of hydrogen-bond donors (Lipinski definition) is 1. The van der Waals surface area contributed by atoms with Crippen LogP contribution >= 0.6 is 11.3 Å². The first-order valence-corrected chi connectivity index (χ1v) is 7.04. The molecule has 6 nitrogen and oxygen atoms in total. The van der Waals surface area contributed by atoms with Crippen molar-refractivity contribution < 1.29 is 13.6 Å². The Labute approximate surface area is 124 Å². The second-order valence-corrected chi connectivity index (χ2v) is 5.40. The van der Waals surface area contributed by atoms with Crippen LogP contribution in [0.25, 0.3) is 0 Å². The van der Waals surface area contributed by atoms with Gasteiger partial charge in [0.1, 0.15) is 5.82 Å². The molecule has 2 heterocycles. The summed E-state index contributed by atoms with van der Waals surface area (Å²) in [6.45, 7) is -0.582. The number of alkyl halides is 2. The quantitative estimate of drug-likeness (QED) is 0.887. The van der Waals surface area contributed by atoms with Crippen LogP contribution in [-0.4, -0.2) is 38.9 Å². The van der Waals surface area contributed by atoms with Crippen LogP contribution in [0, 0.1) is 6.92 Å². The van der Waals surface area contributed by atoms with Crippen LogP contribution in [0.2, 0.25) is 0 Å². The number of aromatic nitrogens is 3. The monoisotopic (exact) mass is 315 g/mol. The lowest BCUT2D eigenvalue weighted by molar-refractivity contribution is -0.117. The molecule has 9 heteroatoms. The molecule has 2 aromatic heterocycles. The molecule has 114 valence electrons. The molecule has 0 aliphatic carbocycles. The van der Waals surface area contributed by atoms with E-state index in [-0.39, 0.29) is 24.8 Å². The van der Waals surface area contributed by atoms with Crippen LogP contribution in [0.15, 0.2) is 17.8 Å². The van der Waals surface area contributed by atoms with Gasteiger partial charge in [-0.05, 0) is 14.0 Å². The molecule has 0 aliphatic rings. The fourth-order valence-electron chi connectivity index (χ4n) is 1.76. The number of rotatable bonds is 6. The summed E-state index contributed by atoms with van der Waals surface area (Å²) in [5, 5.41) is 5.02. The van der Waals surface area contributed by atoms with Gasteiger partial charge in [-0.3, -0.25) is 14.3 Å². The molecule has 0 aromatic carbocycles. The van der Waals surface area contributed by atoms with Gasteiger partial charge in [-0.1, -0.05) is 0 Å². The third-order valence-corrected chi connectivity index (χ3v) is 3.52. The van der Waals surface area contributed by atoms with Crippen molar-refractivity contribution >= 4 is 22.4 Å². The molecule has 0 atom stereocenters. The number of nitrogens with zero attached hydrogens (tertiary/aromatic N) is 4. The lowest BCUT2D eigenvalue weighted by Crippen LogP contribution is -2.30. The molecule has 1 amide bonds. The van der Waals surface area contributed by atoms with Gasteiger partial charge in [0.15, 0.2) is 5.13 Å². The average molecular weight is 315 g/mol. The molecular weight excluding hydrogens is 300 g/mol. The second-order valence-electron chi connectivity index (χ2n) is 4.54. The minimum Gasteiger partial charge on any atom is -0.301 e. The van der Waals surface area contributed by atoms with E-state index in [1.165, 1.54) is 23.7 Å². The summed E-state index contributed by atoms with van der Waals surface area (Å²) in [7, 11) is 1.66. The van der Waals surface area contributed by atoms with Crippen molar-refractivity contribution in [3.05, 3.63) is 29.3 Å². The molecule has 2 rings (SSSR count). The van der Waals surface area contributed by atoms with Crippen molar-refractivity contribution in [2.75, 3.05) is 18.9 Å². The van der Waals surface area contributed by atoms with Crippen LogP contribution in [0.1, 0.15) is 18.1 Å². The SMILES string of the molecule is Cc1csc(NC(=O)CN(C)Cc2nccn2C(F)F)n1. The molecule has 0 bridgehead atoms. The number of nitrogens with one attached hydrogen (secondary N) is 1. The molecule has 0 spiro atoms. The highest BCUT2D eigenvalue weighted by Gasteiger charge is 2.15. The average Bonchev–Trinajstić information content (AvgIpc) is 2.98. The summed E-state index contributed by atoms with van der Waals surface area (Å²) in [6.07, 6.45) is 2.53. The molecule has 0 radical (unpaired) electrons. The third-order valence-electron chi connectivity index (χ3n) is 2.65. The van der Waals surface area contributed by atoms with Gasteiger partial charge in [0.25, 0.3) is 0 Å². The maximum atomic E-state index is 12.7. The van der Waals surface area contributed by atoms with Gasteiger partial charge in [0, 0.05) is 17.8 Å². The Morgan fingerprint density at radius 3 is 2.95 bits per heavy atom. The van der Waals surface area contributed by atoms with Crippen molar-refractivity contribution in [1.29, 1.82) is 0 Å². The summed E-state index contributed by atoms with van der Waals surface area (Å²) < 4.78 is 26.1. The Hall–Kier alpha value is -1.87. The number of halogens is 2. The first-order valence-electron chi connectivity index (χ1n) is 6.16. The smallest absolute Gasteiger partial charge is 0.301 e. The highest BCUT2D eigenvalue weighted by Crippen LogP contribution is 2.15. The van der Waals surface area contributed by atoms with Crippen molar-refractivity contribution in [2.45, 2.75) is 20.0 Å². The van der Waals surface area contributed by atoms with Crippen molar-refractivity contribution in [3.63, 3.8) is 0 Å². The number of hydrogen-bond acceptors (Lipinski definition) is 5. The summed E-state index contributed by atoms with van der Waals surface area (Å²) in [5.74, 6) is -0.0348. The molecule has 0 fully saturated rings. The van der Waals surface area contributed by atoms with Gasteiger partial charge in [0.05, 0.1) is 18.8 Å². The van der Waals surface area contributed by atoms with Crippen LogP contribution in [-0.2, 0) is 11.3 Å². The van der Waals surface area contributed by atoms with E-state index in [1.54, 1.807) is 11.9 Å². The molecule has 0 saturated carbocycles. The van der Waals surface area contributed by atoms with Gasteiger partial charge in [0.2, 0.25) is 5.91 Å². The first-order chi connectivity index (χ1) is 9.95. The number of anilines is 1. The predicted octanol–water partition coefficient (Wildman–Crippen LogP) is 2.11. The number of likely N-dealkylation sites (N-methyl/N-ethyl adjacent to an activating group) is 1. The molecule has 2 aromatic rings. The first kappa shape index (κ1) is 15.5. The number of carbonyl (C=O) groups excluding carboxylic acids is 1. The van der Waals surface area contributed by atoms with Crippen molar-refractivity contribution in [1.82, 2.24) is 19.4 Å². The summed E-state index contributed by atoms with van der Waals surface area (Å²) >= 11 is 1.34. The fourth-order valence-corrected chi connectivity index (χ4v) is 2.46. The largest absolute Gasteiger partial charge is 0.319 e. The number of aryl methyl sites for hydroxylation is 1. The Kier molecular flexibility index (Phi) is 4.97. The lowest BCUT2D eigenvalue weighted by Gasteiger charge is -2.16. The number of carbonyl (C=O) groups is 1. The molecule has 0 saturated heterocycles. The Balaban J connectivity index is 1.87. The zero-order chi connectivity index (χ0) is 15.4. The Morgan fingerprint density at radius 1 is 1.57 bits per heavy atom. The second kappa shape index (κ2) is 6.72. The number of thiazole rings is 1. The van der Waals surface area contributed by atoms with Gasteiger partial charge >= 0.3 is 6.55 Å². The minimum atomic E-state index is -2.64. The molecule has 0 unspecified atom stereocenters. The van der Waals surface area contributed by atoms with E-state index in [4.69, 9.17) is 0 Å². The zero-order valence-electron chi connectivity index (χ0n) is 11.6. The maximum absolute atomic E-state index is 12.7. The van der Waals surface area contributed by atoms with Crippen LogP contribution in [0.3, 0.4) is 0 Å². The maximum Gasteiger partial charge on any atom is 0.319 e. The number of amides is 1. The third kappa shape index (κ3) is 4.30. The van der Waals surface area contributed by atoms with Gasteiger partial charge in [-0.2, -0.15) is 8.78 Å². The Bertz CT molecular complexity index is 612. The van der Waals surface area contributed by atoms with E-state index in [2.05, 4.69) is 15.3 Å². The van der Waals surface area contributed by atoms with Crippen LogP contribution in [0.5, 0.6) is 0 Å². The Morgan fingerprint density at radius 2 is 2.33 bits per heavy atom. The van der Waals surface area contributed by atoms with E-state index in [9.17, 15) is 13.6 Å². The van der Waals surface area contributed by atoms with Gasteiger partial charge in [-0.15, -0.1) is 11.3 Å². The van der Waals surface area contributed by atoms with E-state index in [1.807, 2.05) is 12.3 Å². The van der Waals surface area contributed by atoms with Gasteiger partial charge in [-0.25, -0.2) is 9.97 Å². The molecule has 1 N–H and O–H groups in total. The van der Waals surface area contributed by atoms with E-state index < -0.39 is 6.55 Å². The highest BCUT2D eigenvalue weighted by molar-refractivity contribution is 7.13. The summed E-state index contributed by atoms with van der Waals surface area (Å²) in [4.78, 5) is 21.4. The standard InChI is InChI=1S/C12H15F2N5OS/c1-8-7-21-12(16-8)17-10(20)6-18(2)5-9-15-3-4-19(9)11(13)14/h3-4,7,11H,5-6H2,1-2H3,(H,16,17,20). The molecule has 21 heavy (non-hydrogen) atoms. The molecular formula is C12H15F2N5OS. The fraction of sp³-hybridized carbons (Fsp3) is 0.417. The van der Waals surface area contributed by atoms with Crippen LogP contribution in [0.4, 0.5) is 13.9 Å². The van der Waals surface area contributed by atoms with Crippen LogP contribution < -0.4 is 5.32 Å². The van der Waals surface area contributed by atoms with E-state index >= 15 is 0 Å². The predicted molar refractivity (Wildman–Crippen MR) is 75.3 cm³/mol. The lowest BCUT2D eigenvalue weighted by atomic mass is 10.4. The van der Waals surface area contributed by atoms with E-state index in [0.717, 1.165) is 10.3 Å².